The number of rotatable bonds is 4. The Labute approximate surface area is 133 Å². The van der Waals surface area contributed by atoms with Crippen LogP contribution in [0.4, 0.5) is 0 Å². The first-order valence-electron chi connectivity index (χ1n) is 6.36. The maximum Gasteiger partial charge on any atom is 0.335 e. The number of benzene rings is 1. The van der Waals surface area contributed by atoms with Gasteiger partial charge in [-0.1, -0.05) is 23.5 Å². The lowest BCUT2D eigenvalue weighted by atomic mass is 10.1. The molecule has 2 heterocycles. The van der Waals surface area contributed by atoms with E-state index in [-0.39, 0.29) is 16.3 Å². The van der Waals surface area contributed by atoms with Crippen molar-refractivity contribution in [2.45, 2.75) is 6.42 Å². The zero-order chi connectivity index (χ0) is 15.7. The number of thiazole rings is 1. The summed E-state index contributed by atoms with van der Waals surface area (Å²) in [6.07, 6.45) is 0.471. The lowest BCUT2D eigenvalue weighted by Crippen LogP contribution is -1.95. The molecule has 3 rings (SSSR count). The van der Waals surface area contributed by atoms with E-state index in [1.54, 1.807) is 18.2 Å². The van der Waals surface area contributed by atoms with Gasteiger partial charge in [0, 0.05) is 16.2 Å². The second-order valence-electron chi connectivity index (χ2n) is 4.61. The van der Waals surface area contributed by atoms with Gasteiger partial charge in [-0.2, -0.15) is 0 Å². The number of aromatic hydroxyl groups is 1. The van der Waals surface area contributed by atoms with Gasteiger partial charge in [-0.3, -0.25) is 9.78 Å². The van der Waals surface area contributed by atoms with Crippen molar-refractivity contribution < 1.29 is 15.0 Å². The van der Waals surface area contributed by atoms with Crippen molar-refractivity contribution in [3.05, 3.63) is 61.4 Å². The fraction of sp³-hybridized carbons (Fsp3) is 0.0667. The molecule has 0 aliphatic heterocycles. The predicted octanol–water partition coefficient (Wildman–Crippen LogP) is 3.16. The van der Waals surface area contributed by atoms with Gasteiger partial charge in [-0.05, 0) is 29.8 Å². The van der Waals surface area contributed by atoms with Gasteiger partial charge in [0.05, 0.1) is 10.4 Å². The Hall–Kier alpha value is -2.38. The molecule has 0 aliphatic rings. The van der Waals surface area contributed by atoms with Crippen molar-refractivity contribution in [3.63, 3.8) is 0 Å². The molecule has 0 spiro atoms. The number of carbonyl (C=O) groups is 1. The highest BCUT2D eigenvalue weighted by Gasteiger charge is 2.11. The lowest BCUT2D eigenvalue weighted by Gasteiger charge is -1.99. The Bertz CT molecular complexity index is 891. The highest BCUT2D eigenvalue weighted by Crippen LogP contribution is 2.31. The summed E-state index contributed by atoms with van der Waals surface area (Å²) < 4.78 is 0. The Balaban J connectivity index is 1.87. The molecule has 0 amide bonds. The molecule has 0 fully saturated rings. The predicted molar refractivity (Wildman–Crippen MR) is 86.1 cm³/mol. The van der Waals surface area contributed by atoms with Crippen LogP contribution < -0.4 is 4.87 Å². The third kappa shape index (κ3) is 2.95. The van der Waals surface area contributed by atoms with E-state index in [4.69, 9.17) is 5.11 Å². The number of aromatic carboxylic acids is 1. The topological polar surface area (TPSA) is 90.4 Å². The van der Waals surface area contributed by atoms with Crippen LogP contribution in [0.25, 0.3) is 10.4 Å². The van der Waals surface area contributed by atoms with Gasteiger partial charge in [0.2, 0.25) is 5.88 Å². The second-order valence-corrected chi connectivity index (χ2v) is 6.85. The smallest absolute Gasteiger partial charge is 0.335 e. The molecule has 0 aliphatic carbocycles. The van der Waals surface area contributed by atoms with Crippen molar-refractivity contribution in [1.82, 2.24) is 4.98 Å². The molecule has 1 aromatic carbocycles. The third-order valence-electron chi connectivity index (χ3n) is 3.09. The number of hydrogen-bond donors (Lipinski definition) is 3. The van der Waals surface area contributed by atoms with E-state index in [2.05, 4.69) is 4.98 Å². The van der Waals surface area contributed by atoms with Crippen molar-refractivity contribution in [1.29, 1.82) is 0 Å². The monoisotopic (exact) mass is 333 g/mol. The second kappa shape index (κ2) is 5.78. The van der Waals surface area contributed by atoms with Gasteiger partial charge < -0.3 is 10.2 Å². The summed E-state index contributed by atoms with van der Waals surface area (Å²) in [5.74, 6) is -1.04. The molecule has 3 aromatic rings. The highest BCUT2D eigenvalue weighted by atomic mass is 32.1. The Kier molecular flexibility index (Phi) is 3.82. The molecule has 0 saturated carbocycles. The standard InChI is InChI=1S/C15H11NO4S2/c17-13-12(22-15(20)16-13)7-10-4-5-11(21-10)8-2-1-3-9(6-8)14(18)19/h1-6,17H,7H2,(H,16,20)(H,18,19). The first-order chi connectivity index (χ1) is 10.5. The van der Waals surface area contributed by atoms with E-state index in [9.17, 15) is 14.7 Å². The number of carboxylic acid groups (broad SMARTS) is 1. The number of aromatic nitrogens is 1. The van der Waals surface area contributed by atoms with E-state index in [1.165, 1.54) is 11.3 Å². The van der Waals surface area contributed by atoms with Crippen molar-refractivity contribution in [2.75, 3.05) is 0 Å². The van der Waals surface area contributed by atoms with Crippen LogP contribution in [0.1, 0.15) is 20.1 Å². The van der Waals surface area contributed by atoms with Gasteiger partial charge in [-0.15, -0.1) is 11.3 Å². The molecule has 0 radical (unpaired) electrons. The van der Waals surface area contributed by atoms with Crippen LogP contribution in [0.5, 0.6) is 5.88 Å². The molecule has 0 bridgehead atoms. The summed E-state index contributed by atoms with van der Waals surface area (Å²) in [6, 6.07) is 10.6. The first kappa shape index (κ1) is 14.6. The number of H-pyrrole nitrogens is 1. The van der Waals surface area contributed by atoms with Crippen molar-refractivity contribution in [3.8, 4) is 16.3 Å². The van der Waals surface area contributed by atoms with Crippen LogP contribution in [-0.4, -0.2) is 21.2 Å². The van der Waals surface area contributed by atoms with Crippen LogP contribution >= 0.6 is 22.7 Å². The number of nitrogens with one attached hydrogen (secondary N) is 1. The quantitative estimate of drug-likeness (QED) is 0.684. The summed E-state index contributed by atoms with van der Waals surface area (Å²) in [4.78, 5) is 26.8. The molecule has 22 heavy (non-hydrogen) atoms. The Morgan fingerprint density at radius 2 is 2.00 bits per heavy atom. The molecule has 3 N–H and O–H groups in total. The fourth-order valence-electron chi connectivity index (χ4n) is 2.06. The van der Waals surface area contributed by atoms with Crippen LogP contribution in [-0.2, 0) is 6.42 Å². The minimum absolute atomic E-state index is 0.0853. The summed E-state index contributed by atoms with van der Waals surface area (Å²) in [7, 11) is 0. The number of carboxylic acids is 1. The number of thiophene rings is 1. The number of hydrogen-bond acceptors (Lipinski definition) is 5. The van der Waals surface area contributed by atoms with Gasteiger partial charge in [0.15, 0.2) is 0 Å². The maximum atomic E-state index is 11.2. The molecule has 0 unspecified atom stereocenters. The summed E-state index contributed by atoms with van der Waals surface area (Å²) in [6.45, 7) is 0. The highest BCUT2D eigenvalue weighted by molar-refractivity contribution is 7.15. The Morgan fingerprint density at radius 1 is 1.18 bits per heavy atom. The molecule has 0 atom stereocenters. The SMILES string of the molecule is O=C(O)c1cccc(-c2ccc(Cc3sc(=O)[nH]c3O)s2)c1. The van der Waals surface area contributed by atoms with Crippen LogP contribution in [0.3, 0.4) is 0 Å². The maximum absolute atomic E-state index is 11.2. The van der Waals surface area contributed by atoms with Crippen LogP contribution in [0.2, 0.25) is 0 Å². The van der Waals surface area contributed by atoms with Crippen LogP contribution in [0.15, 0.2) is 41.2 Å². The van der Waals surface area contributed by atoms with E-state index >= 15 is 0 Å². The van der Waals surface area contributed by atoms with E-state index < -0.39 is 5.97 Å². The van der Waals surface area contributed by atoms with Crippen LogP contribution in [0, 0.1) is 0 Å². The summed E-state index contributed by atoms with van der Waals surface area (Å²) >= 11 is 2.49. The fourth-order valence-corrected chi connectivity index (χ4v) is 3.92. The molecular formula is C15H11NO4S2. The molecular weight excluding hydrogens is 322 g/mol. The Morgan fingerprint density at radius 3 is 2.68 bits per heavy atom. The minimum Gasteiger partial charge on any atom is -0.494 e. The van der Waals surface area contributed by atoms with E-state index in [0.717, 1.165) is 26.7 Å². The summed E-state index contributed by atoms with van der Waals surface area (Å²) in [5, 5.41) is 18.6. The molecule has 0 saturated heterocycles. The minimum atomic E-state index is -0.958. The lowest BCUT2D eigenvalue weighted by molar-refractivity contribution is 0.0697. The zero-order valence-electron chi connectivity index (χ0n) is 11.2. The molecule has 5 nitrogen and oxygen atoms in total. The first-order valence-corrected chi connectivity index (χ1v) is 7.99. The van der Waals surface area contributed by atoms with Gasteiger partial charge in [0.25, 0.3) is 0 Å². The molecule has 2 aromatic heterocycles. The summed E-state index contributed by atoms with van der Waals surface area (Å²) in [5.41, 5.74) is 1.08. The van der Waals surface area contributed by atoms with Crippen molar-refractivity contribution >= 4 is 28.6 Å². The average Bonchev–Trinajstić information content (AvgIpc) is 3.06. The van der Waals surface area contributed by atoms with Gasteiger partial charge in [0.1, 0.15) is 0 Å². The average molecular weight is 333 g/mol. The molecule has 7 heteroatoms. The van der Waals surface area contributed by atoms with Gasteiger partial charge in [-0.25, -0.2) is 4.79 Å². The third-order valence-corrected chi connectivity index (χ3v) is 5.10. The normalized spacial score (nSPS) is 10.7. The van der Waals surface area contributed by atoms with Crippen molar-refractivity contribution in [2.24, 2.45) is 0 Å². The number of aromatic amines is 1. The van der Waals surface area contributed by atoms with E-state index in [1.807, 2.05) is 18.2 Å². The zero-order valence-corrected chi connectivity index (χ0v) is 12.8. The van der Waals surface area contributed by atoms with Gasteiger partial charge >= 0.3 is 10.8 Å². The largest absolute Gasteiger partial charge is 0.494 e. The van der Waals surface area contributed by atoms with E-state index in [0.29, 0.717) is 11.3 Å². The molecule has 112 valence electrons.